The van der Waals surface area contributed by atoms with Gasteiger partial charge in [-0.05, 0) is 18.2 Å². The summed E-state index contributed by atoms with van der Waals surface area (Å²) >= 11 is 6.49. The lowest BCUT2D eigenvalue weighted by molar-refractivity contribution is -0.138. The van der Waals surface area contributed by atoms with Crippen LogP contribution in [-0.2, 0) is 17.1 Å². The molecule has 13 heteroatoms. The molecule has 1 aromatic carbocycles. The highest BCUT2D eigenvalue weighted by atomic mass is 35.5. The van der Waals surface area contributed by atoms with E-state index in [0.717, 1.165) is 22.7 Å². The van der Waals surface area contributed by atoms with Crippen molar-refractivity contribution >= 4 is 40.6 Å². The molecule has 0 saturated carbocycles. The summed E-state index contributed by atoms with van der Waals surface area (Å²) < 4.78 is 78.7. The van der Waals surface area contributed by atoms with Crippen molar-refractivity contribution in [2.45, 2.75) is 17.5 Å². The van der Waals surface area contributed by atoms with Gasteiger partial charge in [-0.3, -0.25) is 9.20 Å². The van der Waals surface area contributed by atoms with E-state index in [0.29, 0.717) is 17.8 Å². The zero-order chi connectivity index (χ0) is 21.4. The fourth-order valence-corrected chi connectivity index (χ4v) is 3.30. The molecule has 0 spiro atoms. The maximum absolute atomic E-state index is 13.0. The smallest absolute Gasteiger partial charge is 0.325 e. The number of pyridine rings is 1. The van der Waals surface area contributed by atoms with E-state index in [-0.39, 0.29) is 15.8 Å². The lowest BCUT2D eigenvalue weighted by Gasteiger charge is -2.13. The van der Waals surface area contributed by atoms with Crippen LogP contribution in [0.4, 0.5) is 32.0 Å². The number of nitrogens with one attached hydrogen (secondary N) is 1. The van der Waals surface area contributed by atoms with E-state index in [2.05, 4.69) is 15.5 Å². The number of thioether (sulfide) groups is 1. The van der Waals surface area contributed by atoms with Gasteiger partial charge in [-0.25, -0.2) is 0 Å². The number of carbonyl (C=O) groups excluding carboxylic acids is 1. The third-order valence-corrected chi connectivity index (χ3v) is 4.82. The summed E-state index contributed by atoms with van der Waals surface area (Å²) in [6, 6.07) is 5.10. The molecule has 0 aliphatic carbocycles. The third-order valence-electron chi connectivity index (χ3n) is 3.59. The Bertz CT molecular complexity index is 1070. The number of aromatic nitrogens is 3. The molecule has 2 heterocycles. The highest BCUT2D eigenvalue weighted by Crippen LogP contribution is 2.35. The molecule has 0 saturated heterocycles. The topological polar surface area (TPSA) is 59.3 Å². The summed E-state index contributed by atoms with van der Waals surface area (Å²) in [5, 5.41) is 9.11. The number of alkyl halides is 6. The van der Waals surface area contributed by atoms with Crippen molar-refractivity contribution in [2.75, 3.05) is 11.1 Å². The second-order valence-corrected chi connectivity index (χ2v) is 6.98. The first-order chi connectivity index (χ1) is 13.5. The summed E-state index contributed by atoms with van der Waals surface area (Å²) in [6.45, 7) is 0. The van der Waals surface area contributed by atoms with Gasteiger partial charge >= 0.3 is 12.4 Å². The molecule has 0 fully saturated rings. The Labute approximate surface area is 168 Å². The summed E-state index contributed by atoms with van der Waals surface area (Å²) in [5.74, 6) is -1.22. The van der Waals surface area contributed by atoms with E-state index in [1.54, 1.807) is 0 Å². The molecular formula is C16H9ClF6N4OS. The molecular weight excluding hydrogens is 446 g/mol. The normalized spacial score (nSPS) is 12.4. The molecule has 1 N–H and O–H groups in total. The number of para-hydroxylation sites is 1. The monoisotopic (exact) mass is 454 g/mol. The Morgan fingerprint density at radius 3 is 2.45 bits per heavy atom. The molecule has 29 heavy (non-hydrogen) atoms. The maximum Gasteiger partial charge on any atom is 0.418 e. The number of hydrogen-bond acceptors (Lipinski definition) is 4. The van der Waals surface area contributed by atoms with Crippen LogP contribution in [0.2, 0.25) is 5.02 Å². The molecule has 3 rings (SSSR count). The van der Waals surface area contributed by atoms with Crippen molar-refractivity contribution in [2.24, 2.45) is 0 Å². The van der Waals surface area contributed by atoms with Crippen LogP contribution in [0, 0.1) is 0 Å². The van der Waals surface area contributed by atoms with Gasteiger partial charge < -0.3 is 5.32 Å². The molecule has 5 nitrogen and oxygen atoms in total. The second-order valence-electron chi connectivity index (χ2n) is 5.63. The zero-order valence-electron chi connectivity index (χ0n) is 14.0. The maximum atomic E-state index is 13.0. The zero-order valence-corrected chi connectivity index (χ0v) is 15.5. The van der Waals surface area contributed by atoms with Crippen molar-refractivity contribution in [1.82, 2.24) is 14.6 Å². The first kappa shape index (κ1) is 21.2. The molecule has 1 amide bonds. The summed E-state index contributed by atoms with van der Waals surface area (Å²) in [4.78, 5) is 12.1. The number of rotatable bonds is 4. The lowest BCUT2D eigenvalue weighted by atomic mass is 10.1. The van der Waals surface area contributed by atoms with Crippen molar-refractivity contribution in [3.05, 3.63) is 52.7 Å². The highest BCUT2D eigenvalue weighted by molar-refractivity contribution is 7.99. The van der Waals surface area contributed by atoms with Crippen LogP contribution in [0.3, 0.4) is 0 Å². The second kappa shape index (κ2) is 7.75. The number of hydrogen-bond donors (Lipinski definition) is 1. The van der Waals surface area contributed by atoms with Gasteiger partial charge in [0.15, 0.2) is 10.8 Å². The van der Waals surface area contributed by atoms with Crippen LogP contribution in [0.15, 0.2) is 41.7 Å². The molecule has 0 aliphatic heterocycles. The van der Waals surface area contributed by atoms with Crippen LogP contribution in [0.5, 0.6) is 0 Å². The third kappa shape index (κ3) is 4.75. The number of amides is 1. The number of anilines is 1. The largest absolute Gasteiger partial charge is 0.418 e. The summed E-state index contributed by atoms with van der Waals surface area (Å²) in [6.07, 6.45) is -8.60. The number of halogens is 7. The van der Waals surface area contributed by atoms with Crippen molar-refractivity contribution < 1.29 is 31.1 Å². The van der Waals surface area contributed by atoms with Crippen LogP contribution < -0.4 is 5.32 Å². The average Bonchev–Trinajstić information content (AvgIpc) is 3.02. The van der Waals surface area contributed by atoms with E-state index in [1.807, 2.05) is 0 Å². The van der Waals surface area contributed by atoms with Crippen LogP contribution in [0.25, 0.3) is 5.65 Å². The number of benzene rings is 1. The minimum Gasteiger partial charge on any atom is -0.325 e. The molecule has 0 aliphatic rings. The SMILES string of the molecule is O=C(CSc1nnc2c(Cl)cc(C(F)(F)F)cn12)Nc1ccccc1C(F)(F)F. The van der Waals surface area contributed by atoms with Gasteiger partial charge in [-0.2, -0.15) is 26.3 Å². The molecule has 154 valence electrons. The van der Waals surface area contributed by atoms with Crippen molar-refractivity contribution in [1.29, 1.82) is 0 Å². The fraction of sp³-hybridized carbons (Fsp3) is 0.188. The van der Waals surface area contributed by atoms with Crippen LogP contribution in [0.1, 0.15) is 11.1 Å². The van der Waals surface area contributed by atoms with Crippen molar-refractivity contribution in [3.63, 3.8) is 0 Å². The number of carbonyl (C=O) groups is 1. The van der Waals surface area contributed by atoms with E-state index < -0.39 is 40.8 Å². The Hall–Kier alpha value is -2.47. The van der Waals surface area contributed by atoms with Gasteiger partial charge in [0.1, 0.15) is 0 Å². The summed E-state index contributed by atoms with van der Waals surface area (Å²) in [5.41, 5.74) is -2.54. The first-order valence-electron chi connectivity index (χ1n) is 7.67. The molecule has 0 radical (unpaired) electrons. The molecule has 2 aromatic heterocycles. The minimum absolute atomic E-state index is 0.0509. The quantitative estimate of drug-likeness (QED) is 0.437. The predicted octanol–water partition coefficient (Wildman–Crippen LogP) is 5.15. The molecule has 0 unspecified atom stereocenters. The predicted molar refractivity (Wildman–Crippen MR) is 93.8 cm³/mol. The fourth-order valence-electron chi connectivity index (χ4n) is 2.34. The van der Waals surface area contributed by atoms with Gasteiger partial charge in [0.05, 0.1) is 27.6 Å². The Balaban J connectivity index is 1.78. The number of nitrogens with zero attached hydrogens (tertiary/aromatic N) is 3. The van der Waals surface area contributed by atoms with E-state index in [1.165, 1.54) is 12.1 Å². The minimum atomic E-state index is -4.66. The Morgan fingerprint density at radius 1 is 1.10 bits per heavy atom. The van der Waals surface area contributed by atoms with Gasteiger partial charge in [0.25, 0.3) is 0 Å². The average molecular weight is 455 g/mol. The number of fused-ring (bicyclic) bond motifs is 1. The first-order valence-corrected chi connectivity index (χ1v) is 9.03. The molecule has 3 aromatic rings. The highest BCUT2D eigenvalue weighted by Gasteiger charge is 2.34. The van der Waals surface area contributed by atoms with E-state index >= 15 is 0 Å². The summed E-state index contributed by atoms with van der Waals surface area (Å²) in [7, 11) is 0. The van der Waals surface area contributed by atoms with Gasteiger partial charge in [0.2, 0.25) is 5.91 Å². The van der Waals surface area contributed by atoms with Gasteiger partial charge in [-0.1, -0.05) is 35.5 Å². The molecule has 0 atom stereocenters. The Morgan fingerprint density at radius 2 is 1.79 bits per heavy atom. The van der Waals surface area contributed by atoms with Crippen LogP contribution >= 0.6 is 23.4 Å². The van der Waals surface area contributed by atoms with E-state index in [4.69, 9.17) is 11.6 Å². The van der Waals surface area contributed by atoms with Crippen molar-refractivity contribution in [3.8, 4) is 0 Å². The Kier molecular flexibility index (Phi) is 5.68. The van der Waals surface area contributed by atoms with Crippen LogP contribution in [-0.4, -0.2) is 26.3 Å². The lowest BCUT2D eigenvalue weighted by Crippen LogP contribution is -2.18. The molecule has 0 bridgehead atoms. The standard InChI is InChI=1S/C16H9ClF6N4OS/c17-10-5-8(15(18,19)20)6-27-13(10)25-26-14(27)29-7-12(28)24-11-4-2-1-3-9(11)16(21,22)23/h1-6H,7H2,(H,24,28). The van der Waals surface area contributed by atoms with Gasteiger partial charge in [0, 0.05) is 6.20 Å². The van der Waals surface area contributed by atoms with Gasteiger partial charge in [-0.15, -0.1) is 10.2 Å². The van der Waals surface area contributed by atoms with E-state index in [9.17, 15) is 31.1 Å².